The molecular weight excluding hydrogens is 309 g/mol. The topological polar surface area (TPSA) is 64.0 Å². The number of carbonyl (C=O) groups is 1. The van der Waals surface area contributed by atoms with Crippen LogP contribution in [0.25, 0.3) is 10.9 Å². The van der Waals surface area contributed by atoms with E-state index < -0.39 is 17.4 Å². The Bertz CT molecular complexity index is 1010. The third-order valence-corrected chi connectivity index (χ3v) is 4.35. The van der Waals surface area contributed by atoms with Gasteiger partial charge in [0.2, 0.25) is 5.91 Å². The second kappa shape index (κ2) is 5.56. The van der Waals surface area contributed by atoms with Crippen molar-refractivity contribution in [3.8, 4) is 0 Å². The molecule has 1 amide bonds. The first-order valence-electron chi connectivity index (χ1n) is 7.68. The lowest BCUT2D eigenvalue weighted by Gasteiger charge is -2.16. The van der Waals surface area contributed by atoms with Crippen LogP contribution in [0.5, 0.6) is 0 Å². The summed E-state index contributed by atoms with van der Waals surface area (Å²) in [4.78, 5) is 29.4. The number of nitrogens with one attached hydrogen (secondary N) is 1. The first-order valence-corrected chi connectivity index (χ1v) is 7.68. The van der Waals surface area contributed by atoms with Crippen molar-refractivity contribution in [2.45, 2.75) is 18.9 Å². The molecule has 0 bridgehead atoms. The van der Waals surface area contributed by atoms with Crippen molar-refractivity contribution in [2.75, 3.05) is 5.32 Å². The highest BCUT2D eigenvalue weighted by Crippen LogP contribution is 2.26. The smallest absolute Gasteiger partial charge is 0.262 e. The zero-order chi connectivity index (χ0) is 16.7. The van der Waals surface area contributed by atoms with Gasteiger partial charge in [-0.05, 0) is 42.7 Å². The molecule has 0 aliphatic carbocycles. The number of halogens is 1. The Morgan fingerprint density at radius 1 is 1.17 bits per heavy atom. The van der Waals surface area contributed by atoms with Gasteiger partial charge in [0, 0.05) is 5.69 Å². The summed E-state index contributed by atoms with van der Waals surface area (Å²) in [6.45, 7) is 0. The van der Waals surface area contributed by atoms with Crippen molar-refractivity contribution in [2.24, 2.45) is 0 Å². The Kier molecular flexibility index (Phi) is 3.37. The van der Waals surface area contributed by atoms with Crippen molar-refractivity contribution < 1.29 is 9.18 Å². The summed E-state index contributed by atoms with van der Waals surface area (Å²) in [5.74, 6) is -0.767. The van der Waals surface area contributed by atoms with Gasteiger partial charge in [-0.25, -0.2) is 9.37 Å². The largest absolute Gasteiger partial charge is 0.324 e. The molecule has 2 heterocycles. The molecular formula is C18H14FN3O2. The maximum Gasteiger partial charge on any atom is 0.262 e. The molecule has 6 heteroatoms. The van der Waals surface area contributed by atoms with Crippen LogP contribution in [0.1, 0.15) is 18.0 Å². The van der Waals surface area contributed by atoms with Crippen LogP contribution in [0.2, 0.25) is 0 Å². The predicted molar refractivity (Wildman–Crippen MR) is 88.4 cm³/mol. The molecule has 0 spiro atoms. The van der Waals surface area contributed by atoms with E-state index in [2.05, 4.69) is 10.3 Å². The van der Waals surface area contributed by atoms with Crippen molar-refractivity contribution in [3.63, 3.8) is 0 Å². The number of rotatable bonds is 1. The van der Waals surface area contributed by atoms with Crippen LogP contribution >= 0.6 is 0 Å². The second-order valence-electron chi connectivity index (χ2n) is 5.82. The number of para-hydroxylation sites is 1. The lowest BCUT2D eigenvalue weighted by atomic mass is 10.1. The molecule has 120 valence electrons. The molecule has 0 radical (unpaired) electrons. The molecule has 0 fully saturated rings. The van der Waals surface area contributed by atoms with E-state index in [1.54, 1.807) is 0 Å². The first kappa shape index (κ1) is 14.6. The average Bonchev–Trinajstić information content (AvgIpc) is 2.74. The van der Waals surface area contributed by atoms with Crippen LogP contribution < -0.4 is 10.9 Å². The maximum absolute atomic E-state index is 13.5. The summed E-state index contributed by atoms with van der Waals surface area (Å²) in [7, 11) is 0. The number of anilines is 1. The molecule has 3 aromatic rings. The van der Waals surface area contributed by atoms with Gasteiger partial charge >= 0.3 is 0 Å². The zero-order valence-electron chi connectivity index (χ0n) is 12.7. The van der Waals surface area contributed by atoms with Gasteiger partial charge in [-0.3, -0.25) is 14.2 Å². The average molecular weight is 323 g/mol. The summed E-state index contributed by atoms with van der Waals surface area (Å²) in [5.41, 5.74) is 1.79. The van der Waals surface area contributed by atoms with E-state index in [0.29, 0.717) is 18.4 Å². The molecule has 1 unspecified atom stereocenters. The fourth-order valence-corrected chi connectivity index (χ4v) is 3.10. The van der Waals surface area contributed by atoms with E-state index in [1.807, 2.05) is 24.3 Å². The number of amides is 1. The molecule has 1 N–H and O–H groups in total. The molecule has 4 rings (SSSR count). The van der Waals surface area contributed by atoms with Crippen molar-refractivity contribution >= 4 is 22.5 Å². The number of hydrogen-bond acceptors (Lipinski definition) is 3. The minimum absolute atomic E-state index is 0.173. The minimum Gasteiger partial charge on any atom is -0.324 e. The SMILES string of the molecule is O=C1Nc2ccccc2CCC1n1cnc2ccc(F)cc2c1=O. The normalized spacial score (nSPS) is 17.2. The molecule has 0 saturated carbocycles. The van der Waals surface area contributed by atoms with Crippen LogP contribution in [-0.2, 0) is 11.2 Å². The van der Waals surface area contributed by atoms with E-state index in [1.165, 1.54) is 23.0 Å². The standard InChI is InChI=1S/C18H14FN3O2/c19-12-6-7-15-13(9-12)18(24)22(10-20-15)16-8-5-11-3-1-2-4-14(11)21-17(16)23/h1-4,6-7,9-10,16H,5,8H2,(H,21,23). The third-order valence-electron chi connectivity index (χ3n) is 4.35. The number of nitrogens with zero attached hydrogens (tertiary/aromatic N) is 2. The Morgan fingerprint density at radius 3 is 2.88 bits per heavy atom. The summed E-state index contributed by atoms with van der Waals surface area (Å²) in [6.07, 6.45) is 2.50. The van der Waals surface area contributed by atoms with Crippen molar-refractivity contribution in [1.82, 2.24) is 9.55 Å². The van der Waals surface area contributed by atoms with E-state index in [0.717, 1.165) is 17.3 Å². The minimum atomic E-state index is -0.676. The quantitative estimate of drug-likeness (QED) is 0.749. The Morgan fingerprint density at radius 2 is 2.00 bits per heavy atom. The van der Waals surface area contributed by atoms with E-state index >= 15 is 0 Å². The van der Waals surface area contributed by atoms with Gasteiger partial charge in [0.25, 0.3) is 5.56 Å². The summed E-state index contributed by atoms with van der Waals surface area (Å²) in [6, 6.07) is 10.8. The fraction of sp³-hybridized carbons (Fsp3) is 0.167. The number of aromatic nitrogens is 2. The van der Waals surface area contributed by atoms with Gasteiger partial charge in [0.05, 0.1) is 17.2 Å². The molecule has 1 aliphatic rings. The lowest BCUT2D eigenvalue weighted by Crippen LogP contribution is -2.33. The highest BCUT2D eigenvalue weighted by atomic mass is 19.1. The number of carbonyl (C=O) groups excluding carboxylic acids is 1. The lowest BCUT2D eigenvalue weighted by molar-refractivity contribution is -0.119. The highest BCUT2D eigenvalue weighted by molar-refractivity contribution is 5.95. The van der Waals surface area contributed by atoms with Crippen LogP contribution in [0.4, 0.5) is 10.1 Å². The Hall–Kier alpha value is -3.02. The van der Waals surface area contributed by atoms with Crippen LogP contribution in [-0.4, -0.2) is 15.5 Å². The molecule has 2 aromatic carbocycles. The monoisotopic (exact) mass is 323 g/mol. The fourth-order valence-electron chi connectivity index (χ4n) is 3.10. The number of hydrogen-bond donors (Lipinski definition) is 1. The van der Waals surface area contributed by atoms with Gasteiger partial charge in [0.1, 0.15) is 11.9 Å². The summed E-state index contributed by atoms with van der Waals surface area (Å²) < 4.78 is 14.8. The van der Waals surface area contributed by atoms with E-state index in [9.17, 15) is 14.0 Å². The van der Waals surface area contributed by atoms with Gasteiger partial charge in [-0.15, -0.1) is 0 Å². The van der Waals surface area contributed by atoms with Crippen molar-refractivity contribution in [1.29, 1.82) is 0 Å². The maximum atomic E-state index is 13.5. The van der Waals surface area contributed by atoms with E-state index in [-0.39, 0.29) is 11.3 Å². The summed E-state index contributed by atoms with van der Waals surface area (Å²) >= 11 is 0. The highest BCUT2D eigenvalue weighted by Gasteiger charge is 2.26. The molecule has 1 atom stereocenters. The third kappa shape index (κ3) is 2.36. The number of aryl methyl sites for hydroxylation is 1. The second-order valence-corrected chi connectivity index (χ2v) is 5.82. The van der Waals surface area contributed by atoms with E-state index in [4.69, 9.17) is 0 Å². The summed E-state index contributed by atoms with van der Waals surface area (Å²) in [5, 5.41) is 3.03. The molecule has 1 aromatic heterocycles. The van der Waals surface area contributed by atoms with Gasteiger partial charge < -0.3 is 5.32 Å². The molecule has 24 heavy (non-hydrogen) atoms. The number of benzene rings is 2. The van der Waals surface area contributed by atoms with Crippen LogP contribution in [0.3, 0.4) is 0 Å². The predicted octanol–water partition coefficient (Wildman–Crippen LogP) is 2.66. The first-order chi connectivity index (χ1) is 11.6. The van der Waals surface area contributed by atoms with Crippen molar-refractivity contribution in [3.05, 3.63) is 70.5 Å². The zero-order valence-corrected chi connectivity index (χ0v) is 12.7. The molecule has 5 nitrogen and oxygen atoms in total. The van der Waals surface area contributed by atoms with Crippen LogP contribution in [0.15, 0.2) is 53.6 Å². The number of fused-ring (bicyclic) bond motifs is 2. The Balaban J connectivity index is 1.79. The van der Waals surface area contributed by atoms with Gasteiger partial charge in [-0.2, -0.15) is 0 Å². The van der Waals surface area contributed by atoms with Crippen LogP contribution in [0, 0.1) is 5.82 Å². The van der Waals surface area contributed by atoms with Gasteiger partial charge in [0.15, 0.2) is 0 Å². The molecule has 1 aliphatic heterocycles. The van der Waals surface area contributed by atoms with Gasteiger partial charge in [-0.1, -0.05) is 18.2 Å². The molecule has 0 saturated heterocycles. The Labute approximate surface area is 136 Å².